The van der Waals surface area contributed by atoms with Gasteiger partial charge < -0.3 is 9.73 Å². The van der Waals surface area contributed by atoms with Gasteiger partial charge in [0.25, 0.3) is 5.91 Å². The van der Waals surface area contributed by atoms with Crippen LogP contribution < -0.4 is 5.32 Å². The third kappa shape index (κ3) is 2.58. The summed E-state index contributed by atoms with van der Waals surface area (Å²) in [6.07, 6.45) is 3.40. The number of aromatic nitrogens is 1. The van der Waals surface area contributed by atoms with Crippen LogP contribution in [0.3, 0.4) is 0 Å². The summed E-state index contributed by atoms with van der Waals surface area (Å²) >= 11 is 1.44. The molecule has 0 spiro atoms. The van der Waals surface area contributed by atoms with Crippen LogP contribution in [0.15, 0.2) is 47.2 Å². The van der Waals surface area contributed by atoms with Gasteiger partial charge in [-0.3, -0.25) is 9.78 Å². The molecule has 3 rings (SSSR count). The van der Waals surface area contributed by atoms with Gasteiger partial charge >= 0.3 is 0 Å². The Kier molecular flexibility index (Phi) is 3.52. The molecule has 3 aromatic heterocycles. The number of nitrogens with one attached hydrogen (secondary N) is 1. The van der Waals surface area contributed by atoms with Crippen LogP contribution in [0.25, 0.3) is 10.3 Å². The summed E-state index contributed by atoms with van der Waals surface area (Å²) in [6.45, 7) is 2.61. The Hall–Kier alpha value is -2.14. The van der Waals surface area contributed by atoms with Gasteiger partial charge in [-0.2, -0.15) is 0 Å². The molecule has 4 nitrogen and oxygen atoms in total. The first kappa shape index (κ1) is 12.9. The Bertz CT molecular complexity index is 689. The van der Waals surface area contributed by atoms with Gasteiger partial charge in [-0.05, 0) is 18.2 Å². The minimum absolute atomic E-state index is 0.0656. The number of hydrogen-bond acceptors (Lipinski definition) is 4. The molecule has 102 valence electrons. The number of thiophene rings is 1. The van der Waals surface area contributed by atoms with E-state index >= 15 is 0 Å². The Morgan fingerprint density at radius 3 is 3.10 bits per heavy atom. The lowest BCUT2D eigenvalue weighted by Crippen LogP contribution is -2.27. The average Bonchev–Trinajstić information content (AvgIpc) is 3.06. The molecule has 0 radical (unpaired) electrons. The van der Waals surface area contributed by atoms with E-state index in [1.54, 1.807) is 18.5 Å². The summed E-state index contributed by atoms with van der Waals surface area (Å²) < 4.78 is 6.26. The molecule has 5 heteroatoms. The number of carbonyl (C=O) groups excluding carboxylic acids is 1. The van der Waals surface area contributed by atoms with Crippen molar-refractivity contribution in [2.24, 2.45) is 0 Å². The number of hydrogen-bond donors (Lipinski definition) is 1. The van der Waals surface area contributed by atoms with Gasteiger partial charge in [0.05, 0.1) is 15.8 Å². The third-order valence-electron chi connectivity index (χ3n) is 3.12. The van der Waals surface area contributed by atoms with E-state index in [2.05, 4.69) is 10.3 Å². The maximum Gasteiger partial charge on any atom is 0.261 e. The highest BCUT2D eigenvalue weighted by molar-refractivity contribution is 7.20. The summed E-state index contributed by atoms with van der Waals surface area (Å²) in [5.41, 5.74) is 1.74. The van der Waals surface area contributed by atoms with Gasteiger partial charge in [0.2, 0.25) is 0 Å². The van der Waals surface area contributed by atoms with Gasteiger partial charge in [0, 0.05) is 30.4 Å². The lowest BCUT2D eigenvalue weighted by Gasteiger charge is -2.11. The van der Waals surface area contributed by atoms with Crippen LogP contribution in [0, 0.1) is 0 Å². The zero-order chi connectivity index (χ0) is 13.9. The Morgan fingerprint density at radius 2 is 2.35 bits per heavy atom. The summed E-state index contributed by atoms with van der Waals surface area (Å²) in [5.74, 6) is 0.118. The van der Waals surface area contributed by atoms with Gasteiger partial charge in [0.1, 0.15) is 5.58 Å². The number of fused-ring (bicyclic) bond motifs is 1. The van der Waals surface area contributed by atoms with Gasteiger partial charge in [0.15, 0.2) is 0 Å². The van der Waals surface area contributed by atoms with Crippen molar-refractivity contribution in [3.05, 3.63) is 53.4 Å². The molecule has 0 aliphatic heterocycles. The van der Waals surface area contributed by atoms with Crippen LogP contribution in [0.4, 0.5) is 0 Å². The average molecular weight is 286 g/mol. The quantitative estimate of drug-likeness (QED) is 0.799. The van der Waals surface area contributed by atoms with Crippen molar-refractivity contribution < 1.29 is 9.21 Å². The van der Waals surface area contributed by atoms with Crippen molar-refractivity contribution in [3.8, 4) is 0 Å². The fourth-order valence-electron chi connectivity index (χ4n) is 1.98. The zero-order valence-electron chi connectivity index (χ0n) is 11.0. The predicted molar refractivity (Wildman–Crippen MR) is 79.1 cm³/mol. The van der Waals surface area contributed by atoms with Gasteiger partial charge in [-0.25, -0.2) is 0 Å². The van der Waals surface area contributed by atoms with Crippen molar-refractivity contribution in [2.45, 2.75) is 12.8 Å². The van der Waals surface area contributed by atoms with Gasteiger partial charge in [-0.1, -0.05) is 13.0 Å². The number of pyridine rings is 1. The molecule has 3 aromatic rings. The van der Waals surface area contributed by atoms with Crippen LogP contribution in [0.1, 0.15) is 28.2 Å². The van der Waals surface area contributed by atoms with E-state index < -0.39 is 0 Å². The minimum atomic E-state index is -0.0656. The second-order valence-corrected chi connectivity index (χ2v) is 5.71. The van der Waals surface area contributed by atoms with Crippen molar-refractivity contribution in [1.82, 2.24) is 10.3 Å². The predicted octanol–water partition coefficient (Wildman–Crippen LogP) is 3.42. The van der Waals surface area contributed by atoms with E-state index in [9.17, 15) is 4.79 Å². The topological polar surface area (TPSA) is 55.1 Å². The maximum absolute atomic E-state index is 12.1. The van der Waals surface area contributed by atoms with Crippen molar-refractivity contribution in [1.29, 1.82) is 0 Å². The van der Waals surface area contributed by atoms with E-state index in [4.69, 9.17) is 4.42 Å². The van der Waals surface area contributed by atoms with E-state index in [-0.39, 0.29) is 11.8 Å². The Labute approximate surface area is 120 Å². The normalized spacial score (nSPS) is 12.4. The molecule has 1 amide bonds. The van der Waals surface area contributed by atoms with Crippen molar-refractivity contribution in [3.63, 3.8) is 0 Å². The molecule has 1 N–H and O–H groups in total. The summed E-state index contributed by atoms with van der Waals surface area (Å²) in [5, 5.41) is 2.94. The molecule has 0 aromatic carbocycles. The molecule has 0 aliphatic rings. The standard InChI is InChI=1S/C15H14N2O2S/c1-10(11-4-2-3-6-16-11)9-17-15(18)14-8-12-13(20-14)5-7-19-12/h2-8,10H,9H2,1H3,(H,17,18). The highest BCUT2D eigenvalue weighted by atomic mass is 32.1. The first-order valence-electron chi connectivity index (χ1n) is 6.40. The first-order chi connectivity index (χ1) is 9.74. The van der Waals surface area contributed by atoms with Crippen LogP contribution >= 0.6 is 11.3 Å². The lowest BCUT2D eigenvalue weighted by atomic mass is 10.1. The highest BCUT2D eigenvalue weighted by Gasteiger charge is 2.13. The summed E-state index contributed by atoms with van der Waals surface area (Å²) in [4.78, 5) is 17.1. The lowest BCUT2D eigenvalue weighted by molar-refractivity contribution is 0.0955. The van der Waals surface area contributed by atoms with E-state index in [0.29, 0.717) is 11.4 Å². The van der Waals surface area contributed by atoms with Crippen LogP contribution in [0.2, 0.25) is 0 Å². The van der Waals surface area contributed by atoms with Gasteiger partial charge in [-0.15, -0.1) is 11.3 Å². The molecule has 1 unspecified atom stereocenters. The largest absolute Gasteiger partial charge is 0.463 e. The molecule has 20 heavy (non-hydrogen) atoms. The van der Waals surface area contributed by atoms with E-state index in [1.165, 1.54) is 11.3 Å². The monoisotopic (exact) mass is 286 g/mol. The highest BCUT2D eigenvalue weighted by Crippen LogP contribution is 2.26. The van der Waals surface area contributed by atoms with Crippen molar-refractivity contribution in [2.75, 3.05) is 6.54 Å². The second kappa shape index (κ2) is 5.46. The smallest absolute Gasteiger partial charge is 0.261 e. The molecule has 3 heterocycles. The molecule has 0 fully saturated rings. The zero-order valence-corrected chi connectivity index (χ0v) is 11.8. The summed E-state index contributed by atoms with van der Waals surface area (Å²) in [7, 11) is 0. The SMILES string of the molecule is CC(CNC(=O)c1cc2occc2s1)c1ccccn1. The number of rotatable bonds is 4. The van der Waals surface area contributed by atoms with Crippen LogP contribution in [0.5, 0.6) is 0 Å². The molecular formula is C15H14N2O2S. The Balaban J connectivity index is 1.63. The number of carbonyl (C=O) groups is 1. The maximum atomic E-state index is 12.1. The third-order valence-corrected chi connectivity index (χ3v) is 4.20. The molecular weight excluding hydrogens is 272 g/mol. The van der Waals surface area contributed by atoms with Crippen LogP contribution in [-0.4, -0.2) is 17.4 Å². The summed E-state index contributed by atoms with van der Waals surface area (Å²) in [6, 6.07) is 9.45. The minimum Gasteiger partial charge on any atom is -0.463 e. The fourth-order valence-corrected chi connectivity index (χ4v) is 2.88. The molecule has 0 saturated carbocycles. The number of furan rings is 1. The number of nitrogens with zero attached hydrogens (tertiary/aromatic N) is 1. The van der Waals surface area contributed by atoms with Crippen LogP contribution in [-0.2, 0) is 0 Å². The van der Waals surface area contributed by atoms with Crippen molar-refractivity contribution >= 4 is 27.5 Å². The first-order valence-corrected chi connectivity index (χ1v) is 7.22. The fraction of sp³-hybridized carbons (Fsp3) is 0.200. The second-order valence-electron chi connectivity index (χ2n) is 4.63. The molecule has 1 atom stereocenters. The Morgan fingerprint density at radius 1 is 1.45 bits per heavy atom. The molecule has 0 bridgehead atoms. The molecule has 0 aliphatic carbocycles. The molecule has 0 saturated heterocycles. The number of amides is 1. The van der Waals surface area contributed by atoms with E-state index in [0.717, 1.165) is 16.0 Å². The van der Waals surface area contributed by atoms with E-state index in [1.807, 2.05) is 31.2 Å².